The molecule has 13 heavy (non-hydrogen) atoms. The second-order valence-corrected chi connectivity index (χ2v) is 5.00. The van der Waals surface area contributed by atoms with Gasteiger partial charge in [-0.25, -0.2) is 4.58 Å². The van der Waals surface area contributed by atoms with Gasteiger partial charge in [-0.3, -0.25) is 0 Å². The fourth-order valence-electron chi connectivity index (χ4n) is 3.34. The Balaban J connectivity index is 2.29. The zero-order valence-electron chi connectivity index (χ0n) is 9.04. The van der Waals surface area contributed by atoms with Gasteiger partial charge in [0.25, 0.3) is 0 Å². The minimum Gasteiger partial charge on any atom is -0.396 e. The van der Waals surface area contributed by atoms with E-state index in [4.69, 9.17) is 5.11 Å². The third-order valence-electron chi connectivity index (χ3n) is 4.21. The molecule has 3 heteroatoms. The predicted molar refractivity (Wildman–Crippen MR) is 52.1 cm³/mol. The monoisotopic (exact) mass is 184 g/mol. The van der Waals surface area contributed by atoms with Crippen molar-refractivity contribution in [1.82, 2.24) is 0 Å². The highest BCUT2D eigenvalue weighted by Crippen LogP contribution is 2.60. The number of nitrogens with zero attached hydrogens (tertiary/aromatic N) is 2. The second-order valence-electron chi connectivity index (χ2n) is 5.00. The van der Waals surface area contributed by atoms with Gasteiger partial charge in [0.05, 0.1) is 20.5 Å². The Kier molecular flexibility index (Phi) is 1.65. The molecular formula is C10H20N2O+2. The number of fused-ring (bicyclic) bond motifs is 1. The zero-order valence-corrected chi connectivity index (χ0v) is 9.04. The van der Waals surface area contributed by atoms with Crippen molar-refractivity contribution in [2.45, 2.75) is 24.4 Å². The van der Waals surface area contributed by atoms with E-state index in [-0.39, 0.29) is 0 Å². The summed E-state index contributed by atoms with van der Waals surface area (Å²) in [6.45, 7) is 0.315. The topological polar surface area (TPSA) is 23.2 Å². The van der Waals surface area contributed by atoms with E-state index in [2.05, 4.69) is 32.8 Å². The van der Waals surface area contributed by atoms with Gasteiger partial charge >= 0.3 is 0 Å². The van der Waals surface area contributed by atoms with Crippen LogP contribution in [0, 0.1) is 0 Å². The van der Waals surface area contributed by atoms with E-state index in [9.17, 15) is 0 Å². The summed E-state index contributed by atoms with van der Waals surface area (Å²) in [6, 6.07) is 0.775. The lowest BCUT2D eigenvalue weighted by molar-refractivity contribution is -0.787. The molecule has 2 fully saturated rings. The molecule has 1 saturated heterocycles. The molecule has 1 N–H and O–H groups in total. The molecule has 0 amide bonds. The molecule has 1 aliphatic carbocycles. The van der Waals surface area contributed by atoms with Crippen molar-refractivity contribution in [1.29, 1.82) is 0 Å². The molecule has 3 nitrogen and oxygen atoms in total. The number of likely N-dealkylation sites (N-methyl/N-ethyl adjacent to an activating group) is 1. The van der Waals surface area contributed by atoms with Crippen molar-refractivity contribution in [3.63, 3.8) is 0 Å². The summed E-state index contributed by atoms with van der Waals surface area (Å²) in [7, 11) is 8.78. The molecule has 0 aromatic carbocycles. The minimum atomic E-state index is 0.304. The van der Waals surface area contributed by atoms with Crippen LogP contribution >= 0.6 is 0 Å². The molecule has 2 atom stereocenters. The third kappa shape index (κ3) is 0.796. The highest BCUT2D eigenvalue weighted by Gasteiger charge is 2.87. The number of likely N-dealkylation sites (tertiary alicyclic amines) is 1. The van der Waals surface area contributed by atoms with E-state index in [0.29, 0.717) is 12.1 Å². The van der Waals surface area contributed by atoms with E-state index in [1.807, 2.05) is 0 Å². The van der Waals surface area contributed by atoms with Crippen LogP contribution in [-0.2, 0) is 0 Å². The SMILES string of the molecule is C[N+](C)=C1CC2C1(CCO)[N+]2(C)C. The molecule has 1 saturated carbocycles. The summed E-state index contributed by atoms with van der Waals surface area (Å²) >= 11 is 0. The number of aliphatic hydroxyl groups is 1. The Bertz CT molecular complexity index is 279. The van der Waals surface area contributed by atoms with Gasteiger partial charge in [0, 0.05) is 13.0 Å². The maximum atomic E-state index is 9.08. The average molecular weight is 184 g/mol. The molecule has 0 bridgehead atoms. The van der Waals surface area contributed by atoms with Gasteiger partial charge in [0.1, 0.15) is 14.1 Å². The average Bonchev–Trinajstić information content (AvgIpc) is 2.27. The van der Waals surface area contributed by atoms with Crippen LogP contribution in [-0.4, -0.2) is 66.3 Å². The second kappa shape index (κ2) is 2.34. The van der Waals surface area contributed by atoms with Crippen molar-refractivity contribution in [3.8, 4) is 0 Å². The van der Waals surface area contributed by atoms with Crippen LogP contribution in [0.3, 0.4) is 0 Å². The van der Waals surface area contributed by atoms with Crippen molar-refractivity contribution < 1.29 is 14.2 Å². The normalized spacial score (nSPS) is 39.5. The van der Waals surface area contributed by atoms with Gasteiger partial charge in [0.15, 0.2) is 6.04 Å². The summed E-state index contributed by atoms with van der Waals surface area (Å²) in [4.78, 5) is 0. The first-order valence-corrected chi connectivity index (χ1v) is 4.96. The number of rotatable bonds is 2. The van der Waals surface area contributed by atoms with E-state index >= 15 is 0 Å². The lowest BCUT2D eigenvalue weighted by Gasteiger charge is -2.17. The first kappa shape index (κ1) is 9.16. The number of aliphatic hydroxyl groups excluding tert-OH is 1. The lowest BCUT2D eigenvalue weighted by Crippen LogP contribution is -2.46. The summed E-state index contributed by atoms with van der Waals surface area (Å²) in [5, 5.41) is 9.08. The maximum absolute atomic E-state index is 9.08. The van der Waals surface area contributed by atoms with E-state index < -0.39 is 0 Å². The Hall–Kier alpha value is -0.410. The van der Waals surface area contributed by atoms with Crippen LogP contribution in [0.15, 0.2) is 0 Å². The molecule has 2 aliphatic rings. The molecular weight excluding hydrogens is 164 g/mol. The molecule has 2 rings (SSSR count). The van der Waals surface area contributed by atoms with Crippen LogP contribution in [0.2, 0.25) is 0 Å². The van der Waals surface area contributed by atoms with E-state index in [0.717, 1.165) is 16.9 Å². The summed E-state index contributed by atoms with van der Waals surface area (Å²) in [5.74, 6) is 0. The summed E-state index contributed by atoms with van der Waals surface area (Å²) < 4.78 is 3.32. The third-order valence-corrected chi connectivity index (χ3v) is 4.21. The van der Waals surface area contributed by atoms with Crippen molar-refractivity contribution in [2.24, 2.45) is 0 Å². The van der Waals surface area contributed by atoms with Gasteiger partial charge in [-0.05, 0) is 0 Å². The Morgan fingerprint density at radius 3 is 2.46 bits per heavy atom. The summed E-state index contributed by atoms with van der Waals surface area (Å²) in [6.07, 6.45) is 2.15. The molecule has 0 aromatic rings. The Morgan fingerprint density at radius 1 is 1.54 bits per heavy atom. The highest BCUT2D eigenvalue weighted by molar-refractivity contribution is 5.99. The predicted octanol–water partition coefficient (Wildman–Crippen LogP) is -0.317. The smallest absolute Gasteiger partial charge is 0.234 e. The van der Waals surface area contributed by atoms with Crippen molar-refractivity contribution >= 4 is 5.71 Å². The van der Waals surface area contributed by atoms with Crippen LogP contribution in [0.4, 0.5) is 0 Å². The van der Waals surface area contributed by atoms with Crippen LogP contribution in [0.25, 0.3) is 0 Å². The molecule has 1 aliphatic heterocycles. The highest BCUT2D eigenvalue weighted by atomic mass is 16.3. The van der Waals surface area contributed by atoms with Gasteiger partial charge in [0.2, 0.25) is 11.3 Å². The fraction of sp³-hybridized carbons (Fsp3) is 0.900. The van der Waals surface area contributed by atoms with E-state index in [1.54, 1.807) is 0 Å². The zero-order chi connectivity index (χ0) is 9.85. The first-order valence-electron chi connectivity index (χ1n) is 4.96. The number of hydrogen-bond donors (Lipinski definition) is 1. The quantitative estimate of drug-likeness (QED) is 0.355. The first-order chi connectivity index (χ1) is 5.98. The van der Waals surface area contributed by atoms with Gasteiger partial charge in [-0.2, -0.15) is 0 Å². The van der Waals surface area contributed by atoms with Gasteiger partial charge in [-0.1, -0.05) is 0 Å². The Labute approximate surface area is 79.9 Å². The molecule has 74 valence electrons. The molecule has 2 unspecified atom stereocenters. The van der Waals surface area contributed by atoms with E-state index in [1.165, 1.54) is 12.1 Å². The molecule has 0 aromatic heterocycles. The van der Waals surface area contributed by atoms with Crippen LogP contribution < -0.4 is 0 Å². The lowest BCUT2D eigenvalue weighted by atomic mass is 9.80. The van der Waals surface area contributed by atoms with Gasteiger partial charge in [-0.15, -0.1) is 0 Å². The standard InChI is InChI=1S/C10H20N2O/c1-11(2)8-7-9-10(8,5-6-13)12(9,3)4/h9,13H,5-7H2,1-4H3/q+2. The molecule has 0 spiro atoms. The maximum Gasteiger partial charge on any atom is 0.234 e. The number of quaternary nitrogens is 1. The van der Waals surface area contributed by atoms with Crippen molar-refractivity contribution in [2.75, 3.05) is 34.8 Å². The van der Waals surface area contributed by atoms with Crippen LogP contribution in [0.5, 0.6) is 0 Å². The van der Waals surface area contributed by atoms with Gasteiger partial charge < -0.3 is 9.59 Å². The molecule has 0 radical (unpaired) electrons. The summed E-state index contributed by atoms with van der Waals surface area (Å²) in [5.41, 5.74) is 1.83. The Morgan fingerprint density at radius 2 is 2.15 bits per heavy atom. The molecule has 1 heterocycles. The number of hydrogen-bond acceptors (Lipinski definition) is 1. The minimum absolute atomic E-state index is 0.304. The van der Waals surface area contributed by atoms with Crippen LogP contribution in [0.1, 0.15) is 12.8 Å². The van der Waals surface area contributed by atoms with Crippen molar-refractivity contribution in [3.05, 3.63) is 0 Å². The fourth-order valence-corrected chi connectivity index (χ4v) is 3.34. The largest absolute Gasteiger partial charge is 0.396 e.